The molecule has 0 radical (unpaired) electrons. The molecule has 1 amide bonds. The van der Waals surface area contributed by atoms with Gasteiger partial charge in [0.25, 0.3) is 0 Å². The number of nitrogens with one attached hydrogen (secondary N) is 2. The van der Waals surface area contributed by atoms with Gasteiger partial charge in [0.1, 0.15) is 12.4 Å². The van der Waals surface area contributed by atoms with Crippen LogP contribution in [-0.4, -0.2) is 28.5 Å². The number of imidazole rings is 1. The minimum atomic E-state index is 0.0609. The third kappa shape index (κ3) is 4.25. The summed E-state index contributed by atoms with van der Waals surface area (Å²) in [4.78, 5) is 18.4. The molecule has 0 spiro atoms. The highest BCUT2D eigenvalue weighted by atomic mass is 16.5. The lowest BCUT2D eigenvalue weighted by Crippen LogP contribution is -2.34. The minimum Gasteiger partial charge on any atom is -0.489 e. The van der Waals surface area contributed by atoms with Crippen molar-refractivity contribution in [2.45, 2.75) is 38.6 Å². The highest BCUT2D eigenvalue weighted by molar-refractivity contribution is 5.73. The third-order valence-corrected chi connectivity index (χ3v) is 4.31. The Balaban J connectivity index is 1.55. The number of ether oxygens (including phenoxy) is 1. The Morgan fingerprint density at radius 2 is 2.17 bits per heavy atom. The van der Waals surface area contributed by atoms with E-state index >= 15 is 0 Å². The molecule has 0 saturated heterocycles. The quantitative estimate of drug-likeness (QED) is 0.827. The largest absolute Gasteiger partial charge is 0.489 e. The molecule has 24 heavy (non-hydrogen) atoms. The lowest BCUT2D eigenvalue weighted by atomic mass is 9.90. The average molecular weight is 325 g/mol. The van der Waals surface area contributed by atoms with Crippen LogP contribution in [0.4, 0.5) is 0 Å². The normalized spacial score (nSPS) is 17.4. The second-order valence-electron chi connectivity index (χ2n) is 6.10. The molecule has 3 rings (SSSR count). The van der Waals surface area contributed by atoms with Gasteiger partial charge < -0.3 is 15.0 Å². The summed E-state index contributed by atoms with van der Waals surface area (Å²) in [6.07, 6.45) is 9.77. The number of H-pyrrole nitrogens is 1. The first kappa shape index (κ1) is 16.3. The molecular formula is C19H23N3O2. The number of hydrogen-bond donors (Lipinski definition) is 2. The molecule has 126 valence electrons. The number of hydrogen-bond acceptors (Lipinski definition) is 3. The van der Waals surface area contributed by atoms with Gasteiger partial charge in [0.15, 0.2) is 0 Å². The van der Waals surface area contributed by atoms with E-state index in [0.29, 0.717) is 12.6 Å². The molecule has 0 atom stereocenters. The van der Waals surface area contributed by atoms with Crippen molar-refractivity contribution in [3.8, 4) is 17.0 Å². The van der Waals surface area contributed by atoms with E-state index < -0.39 is 0 Å². The smallest absolute Gasteiger partial charge is 0.217 e. The monoisotopic (exact) mass is 325 g/mol. The molecule has 1 fully saturated rings. The molecule has 5 heteroatoms. The fraction of sp³-hybridized carbons (Fsp3) is 0.368. The molecule has 0 unspecified atom stereocenters. The van der Waals surface area contributed by atoms with Gasteiger partial charge in [-0.15, -0.1) is 0 Å². The first-order chi connectivity index (χ1) is 11.7. The van der Waals surface area contributed by atoms with Crippen molar-refractivity contribution < 1.29 is 9.53 Å². The summed E-state index contributed by atoms with van der Waals surface area (Å²) in [6.45, 7) is 2.14. The maximum Gasteiger partial charge on any atom is 0.217 e. The first-order valence-electron chi connectivity index (χ1n) is 8.38. The zero-order chi connectivity index (χ0) is 16.8. The second-order valence-corrected chi connectivity index (χ2v) is 6.10. The fourth-order valence-corrected chi connectivity index (χ4v) is 3.09. The van der Waals surface area contributed by atoms with Gasteiger partial charge in [-0.05, 0) is 43.9 Å². The Bertz CT molecular complexity index is 697. The van der Waals surface area contributed by atoms with Gasteiger partial charge in [-0.2, -0.15) is 0 Å². The van der Waals surface area contributed by atoms with E-state index in [1.807, 2.05) is 30.5 Å². The van der Waals surface area contributed by atoms with Crippen LogP contribution in [-0.2, 0) is 4.79 Å². The molecule has 0 bridgehead atoms. The lowest BCUT2D eigenvalue weighted by molar-refractivity contribution is -0.119. The predicted octanol–water partition coefficient (Wildman–Crippen LogP) is 3.46. The Kier molecular flexibility index (Phi) is 5.31. The Morgan fingerprint density at radius 1 is 1.38 bits per heavy atom. The molecule has 2 aromatic rings. The van der Waals surface area contributed by atoms with Crippen molar-refractivity contribution in [1.82, 2.24) is 15.3 Å². The van der Waals surface area contributed by atoms with Gasteiger partial charge >= 0.3 is 0 Å². The van der Waals surface area contributed by atoms with Crippen LogP contribution in [0.25, 0.3) is 11.3 Å². The summed E-state index contributed by atoms with van der Waals surface area (Å²) in [5, 5.41) is 3.00. The fourth-order valence-electron chi connectivity index (χ4n) is 3.09. The minimum absolute atomic E-state index is 0.0609. The van der Waals surface area contributed by atoms with E-state index in [1.165, 1.54) is 5.57 Å². The number of aromatic amines is 1. The van der Waals surface area contributed by atoms with Crippen LogP contribution in [0.3, 0.4) is 0 Å². The van der Waals surface area contributed by atoms with Crippen LogP contribution in [0.5, 0.6) is 5.75 Å². The van der Waals surface area contributed by atoms with Gasteiger partial charge in [0, 0.05) is 24.7 Å². The van der Waals surface area contributed by atoms with E-state index in [0.717, 1.165) is 42.7 Å². The van der Waals surface area contributed by atoms with Crippen LogP contribution < -0.4 is 10.1 Å². The summed E-state index contributed by atoms with van der Waals surface area (Å²) >= 11 is 0. The topological polar surface area (TPSA) is 67.0 Å². The first-order valence-corrected chi connectivity index (χ1v) is 8.38. The second kappa shape index (κ2) is 7.81. The molecule has 0 aliphatic heterocycles. The maximum atomic E-state index is 11.1. The number of aromatic nitrogens is 2. The van der Waals surface area contributed by atoms with Crippen molar-refractivity contribution in [3.63, 3.8) is 0 Å². The Morgan fingerprint density at radius 3 is 2.88 bits per heavy atom. The molecule has 1 aliphatic carbocycles. The summed E-state index contributed by atoms with van der Waals surface area (Å²) in [5.74, 6) is 0.902. The maximum absolute atomic E-state index is 11.1. The van der Waals surface area contributed by atoms with E-state index in [2.05, 4.69) is 21.4 Å². The molecule has 2 N–H and O–H groups in total. The van der Waals surface area contributed by atoms with Gasteiger partial charge in [0.2, 0.25) is 5.91 Å². The van der Waals surface area contributed by atoms with Gasteiger partial charge in [-0.25, -0.2) is 4.98 Å². The average Bonchev–Trinajstić information content (AvgIpc) is 3.11. The number of rotatable bonds is 5. The van der Waals surface area contributed by atoms with Crippen LogP contribution in [0.15, 0.2) is 48.4 Å². The predicted molar refractivity (Wildman–Crippen MR) is 93.7 cm³/mol. The van der Waals surface area contributed by atoms with Crippen molar-refractivity contribution in [2.75, 3.05) is 6.61 Å². The van der Waals surface area contributed by atoms with Crippen molar-refractivity contribution in [1.29, 1.82) is 0 Å². The summed E-state index contributed by atoms with van der Waals surface area (Å²) in [5.41, 5.74) is 3.29. The number of carbonyl (C=O) groups excluding carboxylic acids is 1. The molecule has 1 heterocycles. The number of para-hydroxylation sites is 1. The summed E-state index contributed by atoms with van der Waals surface area (Å²) in [6, 6.07) is 8.25. The van der Waals surface area contributed by atoms with Gasteiger partial charge in [-0.3, -0.25) is 4.79 Å². The van der Waals surface area contributed by atoms with Crippen molar-refractivity contribution >= 4 is 5.91 Å². The molecular weight excluding hydrogens is 302 g/mol. The van der Waals surface area contributed by atoms with Gasteiger partial charge in [-0.1, -0.05) is 17.7 Å². The zero-order valence-corrected chi connectivity index (χ0v) is 13.9. The number of amides is 1. The number of allylic oxidation sites excluding steroid dienone is 1. The van der Waals surface area contributed by atoms with E-state index in [-0.39, 0.29) is 5.91 Å². The number of nitrogens with zero attached hydrogens (tertiary/aromatic N) is 1. The highest BCUT2D eigenvalue weighted by Crippen LogP contribution is 2.28. The van der Waals surface area contributed by atoms with Crippen LogP contribution in [0.2, 0.25) is 0 Å². The summed E-state index contributed by atoms with van der Waals surface area (Å²) < 4.78 is 5.96. The molecule has 1 saturated carbocycles. The molecule has 5 nitrogen and oxygen atoms in total. The molecule has 1 aromatic heterocycles. The number of carbonyl (C=O) groups is 1. The number of benzene rings is 1. The van der Waals surface area contributed by atoms with Crippen molar-refractivity contribution in [3.05, 3.63) is 48.4 Å². The van der Waals surface area contributed by atoms with E-state index in [9.17, 15) is 4.79 Å². The highest BCUT2D eigenvalue weighted by Gasteiger charge is 2.16. The van der Waals surface area contributed by atoms with Gasteiger partial charge in [0.05, 0.1) is 12.0 Å². The third-order valence-electron chi connectivity index (χ3n) is 4.31. The standard InChI is InChI=1S/C19H23N3O2/c1-14(23)22-16-8-6-15(7-9-16)10-11-24-19-5-3-2-4-17(19)18-12-20-13-21-18/h2-5,10,12-13,16H,6-9,11H2,1H3,(H,20,21)(H,22,23). The van der Waals surface area contributed by atoms with E-state index in [4.69, 9.17) is 4.74 Å². The molecule has 1 aromatic carbocycles. The van der Waals surface area contributed by atoms with Crippen LogP contribution >= 0.6 is 0 Å². The van der Waals surface area contributed by atoms with Crippen LogP contribution in [0.1, 0.15) is 32.6 Å². The van der Waals surface area contributed by atoms with Crippen LogP contribution in [0, 0.1) is 0 Å². The zero-order valence-electron chi connectivity index (χ0n) is 13.9. The Hall–Kier alpha value is -2.56. The van der Waals surface area contributed by atoms with Crippen molar-refractivity contribution in [2.24, 2.45) is 0 Å². The SMILES string of the molecule is CC(=O)NC1CCC(=CCOc2ccccc2-c2c[nH]cn2)CC1. The van der Waals surface area contributed by atoms with E-state index in [1.54, 1.807) is 13.3 Å². The lowest BCUT2D eigenvalue weighted by Gasteiger charge is -2.24. The Labute approximate surface area is 142 Å². The summed E-state index contributed by atoms with van der Waals surface area (Å²) in [7, 11) is 0. The molecule has 1 aliphatic rings.